The number of thioether (sulfide) groups is 1. The first-order valence-electron chi connectivity index (χ1n) is 10.2. The minimum atomic E-state index is -0.830. The zero-order chi connectivity index (χ0) is 23.5. The molecule has 0 spiro atoms. The second kappa shape index (κ2) is 12.8. The molecule has 0 aromatic heterocycles. The molecule has 176 valence electrons. The van der Waals surface area contributed by atoms with Crippen LogP contribution < -0.4 is 20.7 Å². The van der Waals surface area contributed by atoms with Gasteiger partial charge < -0.3 is 30.3 Å². The summed E-state index contributed by atoms with van der Waals surface area (Å²) in [4.78, 5) is 50.7. The highest BCUT2D eigenvalue weighted by atomic mass is 32.2. The summed E-state index contributed by atoms with van der Waals surface area (Å²) in [6, 6.07) is 5.04. The van der Waals surface area contributed by atoms with Gasteiger partial charge in [-0.15, -0.1) is 0 Å². The Balaban J connectivity index is 2.02. The van der Waals surface area contributed by atoms with E-state index in [1.165, 1.54) is 30.9 Å². The van der Waals surface area contributed by atoms with E-state index < -0.39 is 18.1 Å². The molecule has 2 rings (SSSR count). The number of methoxy groups -OCH3 is 2. The fraction of sp³-hybridized carbons (Fsp3) is 0.524. The number of hydrogen-bond donors (Lipinski definition) is 3. The Kier molecular flexibility index (Phi) is 10.1. The van der Waals surface area contributed by atoms with Crippen molar-refractivity contribution in [3.8, 4) is 5.75 Å². The number of nitrogens with zero attached hydrogens (tertiary/aromatic N) is 1. The molecule has 10 nitrogen and oxygen atoms in total. The van der Waals surface area contributed by atoms with E-state index in [-0.39, 0.29) is 36.5 Å². The van der Waals surface area contributed by atoms with Crippen molar-refractivity contribution in [3.63, 3.8) is 0 Å². The Labute approximate surface area is 191 Å². The van der Waals surface area contributed by atoms with E-state index in [0.717, 1.165) is 0 Å². The van der Waals surface area contributed by atoms with E-state index in [1.807, 2.05) is 6.26 Å². The van der Waals surface area contributed by atoms with Gasteiger partial charge in [0.25, 0.3) is 0 Å². The molecule has 3 N–H and O–H groups in total. The van der Waals surface area contributed by atoms with Crippen LogP contribution in [0.3, 0.4) is 0 Å². The maximum Gasteiger partial charge on any atom is 0.319 e. The molecular weight excluding hydrogens is 436 g/mol. The molecule has 1 saturated heterocycles. The minimum Gasteiger partial charge on any atom is -0.497 e. The molecular formula is C21H30N4O6S. The van der Waals surface area contributed by atoms with Crippen LogP contribution in [0.5, 0.6) is 5.75 Å². The molecule has 4 amide bonds. The number of nitrogens with one attached hydrogen (secondary N) is 3. The molecule has 1 aliphatic heterocycles. The number of esters is 1. The number of carbonyl (C=O) groups excluding carboxylic acids is 4. The van der Waals surface area contributed by atoms with E-state index in [1.54, 1.807) is 24.3 Å². The Morgan fingerprint density at radius 1 is 1.22 bits per heavy atom. The number of likely N-dealkylation sites (tertiary alicyclic amines) is 1. The highest BCUT2D eigenvalue weighted by Crippen LogP contribution is 2.21. The van der Waals surface area contributed by atoms with Crippen molar-refractivity contribution >= 4 is 41.3 Å². The zero-order valence-corrected chi connectivity index (χ0v) is 19.3. The van der Waals surface area contributed by atoms with Gasteiger partial charge in [0.1, 0.15) is 11.8 Å². The standard InChI is InChI=1S/C21H30N4O6S/c1-30-15-7-4-6-14(12-15)23-21(29)24-16-9-11-25(17(26)13-32-3)19(16)20(28)22-10-5-8-18(27)31-2/h4,6-7,12,16,19H,5,8-11,13H2,1-3H3,(H,22,28)(H2,23,24,29)/t16-,19-/m0/s1. The summed E-state index contributed by atoms with van der Waals surface area (Å²) >= 11 is 1.37. The Bertz CT molecular complexity index is 821. The topological polar surface area (TPSA) is 126 Å². The molecule has 2 atom stereocenters. The minimum absolute atomic E-state index is 0.162. The molecule has 1 heterocycles. The van der Waals surface area contributed by atoms with Crippen LogP contribution in [0.1, 0.15) is 19.3 Å². The monoisotopic (exact) mass is 466 g/mol. The van der Waals surface area contributed by atoms with E-state index in [4.69, 9.17) is 4.74 Å². The average Bonchev–Trinajstić information content (AvgIpc) is 3.20. The molecule has 0 aliphatic carbocycles. The number of anilines is 1. The lowest BCUT2D eigenvalue weighted by atomic mass is 10.1. The van der Waals surface area contributed by atoms with Gasteiger partial charge in [-0.3, -0.25) is 14.4 Å². The van der Waals surface area contributed by atoms with Gasteiger partial charge in [-0.2, -0.15) is 11.8 Å². The fourth-order valence-electron chi connectivity index (χ4n) is 3.44. The quantitative estimate of drug-likeness (QED) is 0.350. The van der Waals surface area contributed by atoms with Gasteiger partial charge in [-0.1, -0.05) is 6.07 Å². The summed E-state index contributed by atoms with van der Waals surface area (Å²) in [6.07, 6.45) is 2.86. The largest absolute Gasteiger partial charge is 0.497 e. The lowest BCUT2D eigenvalue weighted by Crippen LogP contribution is -2.55. The van der Waals surface area contributed by atoms with Crippen LogP contribution in [0.4, 0.5) is 10.5 Å². The number of amides is 4. The maximum absolute atomic E-state index is 12.9. The summed E-state index contributed by atoms with van der Waals surface area (Å²) in [7, 11) is 2.84. The normalized spacial score (nSPS) is 17.4. The third kappa shape index (κ3) is 7.33. The van der Waals surface area contributed by atoms with Crippen molar-refractivity contribution in [1.29, 1.82) is 0 Å². The first-order chi connectivity index (χ1) is 15.4. The molecule has 0 radical (unpaired) electrons. The van der Waals surface area contributed by atoms with Gasteiger partial charge in [-0.25, -0.2) is 4.79 Å². The molecule has 0 bridgehead atoms. The van der Waals surface area contributed by atoms with Gasteiger partial charge in [0.2, 0.25) is 11.8 Å². The smallest absolute Gasteiger partial charge is 0.319 e. The van der Waals surface area contributed by atoms with Crippen LogP contribution in [-0.4, -0.2) is 80.1 Å². The highest BCUT2D eigenvalue weighted by Gasteiger charge is 2.42. The second-order valence-electron chi connectivity index (χ2n) is 7.16. The first kappa shape index (κ1) is 25.3. The third-order valence-electron chi connectivity index (χ3n) is 4.98. The first-order valence-corrected chi connectivity index (χ1v) is 11.6. The number of benzene rings is 1. The summed E-state index contributed by atoms with van der Waals surface area (Å²) in [5.41, 5.74) is 0.541. The lowest BCUT2D eigenvalue weighted by Gasteiger charge is -2.27. The van der Waals surface area contributed by atoms with Crippen molar-refractivity contribution in [2.45, 2.75) is 31.3 Å². The summed E-state index contributed by atoms with van der Waals surface area (Å²) in [5, 5.41) is 8.30. The van der Waals surface area contributed by atoms with Crippen molar-refractivity contribution < 1.29 is 28.7 Å². The average molecular weight is 467 g/mol. The zero-order valence-electron chi connectivity index (χ0n) is 18.5. The molecule has 32 heavy (non-hydrogen) atoms. The number of hydrogen-bond acceptors (Lipinski definition) is 7. The molecule has 11 heteroatoms. The lowest BCUT2D eigenvalue weighted by molar-refractivity contribution is -0.140. The van der Waals surface area contributed by atoms with Crippen LogP contribution in [0.15, 0.2) is 24.3 Å². The fourth-order valence-corrected chi connectivity index (χ4v) is 3.85. The summed E-state index contributed by atoms with van der Waals surface area (Å²) in [5.74, 6) is -0.0416. The molecule has 1 aromatic carbocycles. The van der Waals surface area contributed by atoms with E-state index in [2.05, 4.69) is 20.7 Å². The van der Waals surface area contributed by atoms with E-state index in [0.29, 0.717) is 30.8 Å². The predicted octanol–water partition coefficient (Wildman–Crippen LogP) is 1.22. The van der Waals surface area contributed by atoms with Gasteiger partial charge in [-0.05, 0) is 31.2 Å². The number of rotatable bonds is 10. The van der Waals surface area contributed by atoms with Crippen LogP contribution in [-0.2, 0) is 19.1 Å². The van der Waals surface area contributed by atoms with Crippen LogP contribution in [0, 0.1) is 0 Å². The number of urea groups is 1. The third-order valence-corrected chi connectivity index (χ3v) is 5.52. The van der Waals surface area contributed by atoms with Crippen LogP contribution in [0.25, 0.3) is 0 Å². The molecule has 1 aromatic rings. The van der Waals surface area contributed by atoms with Crippen molar-refractivity contribution in [2.75, 3.05) is 44.6 Å². The maximum atomic E-state index is 12.9. The summed E-state index contributed by atoms with van der Waals surface area (Å²) < 4.78 is 9.74. The van der Waals surface area contributed by atoms with Crippen LogP contribution >= 0.6 is 11.8 Å². The molecule has 0 saturated carbocycles. The second-order valence-corrected chi connectivity index (χ2v) is 8.03. The number of ether oxygens (including phenoxy) is 2. The SMILES string of the molecule is COC(=O)CCCNC(=O)[C@@H]1[C@@H](NC(=O)Nc2cccc(OC)c2)CCN1C(=O)CSC. The van der Waals surface area contributed by atoms with E-state index in [9.17, 15) is 19.2 Å². The van der Waals surface area contributed by atoms with E-state index >= 15 is 0 Å². The van der Waals surface area contributed by atoms with Gasteiger partial charge in [0, 0.05) is 31.3 Å². The Morgan fingerprint density at radius 3 is 2.69 bits per heavy atom. The molecule has 1 aliphatic rings. The van der Waals surface area contributed by atoms with Gasteiger partial charge >= 0.3 is 12.0 Å². The highest BCUT2D eigenvalue weighted by molar-refractivity contribution is 7.99. The predicted molar refractivity (Wildman–Crippen MR) is 122 cm³/mol. The molecule has 1 fully saturated rings. The van der Waals surface area contributed by atoms with Crippen LogP contribution in [0.2, 0.25) is 0 Å². The molecule has 0 unspecified atom stereocenters. The number of carbonyl (C=O) groups is 4. The van der Waals surface area contributed by atoms with Gasteiger partial charge in [0.05, 0.1) is 26.0 Å². The van der Waals surface area contributed by atoms with Crippen molar-refractivity contribution in [1.82, 2.24) is 15.5 Å². The summed E-state index contributed by atoms with van der Waals surface area (Å²) in [6.45, 7) is 0.626. The van der Waals surface area contributed by atoms with Crippen molar-refractivity contribution in [2.24, 2.45) is 0 Å². The van der Waals surface area contributed by atoms with Crippen molar-refractivity contribution in [3.05, 3.63) is 24.3 Å². The Hall–Kier alpha value is -2.95. The Morgan fingerprint density at radius 2 is 2.00 bits per heavy atom. The van der Waals surface area contributed by atoms with Gasteiger partial charge in [0.15, 0.2) is 0 Å².